The van der Waals surface area contributed by atoms with Crippen molar-refractivity contribution < 1.29 is 19.8 Å². The first-order valence-corrected chi connectivity index (χ1v) is 3.01. The molecule has 0 saturated heterocycles. The average molecular weight is 231 g/mol. The van der Waals surface area contributed by atoms with Gasteiger partial charge in [0, 0.05) is 0 Å². The number of rotatable bonds is 2. The molecule has 0 fully saturated rings. The summed E-state index contributed by atoms with van der Waals surface area (Å²) in [5.41, 5.74) is 0. The topological polar surface area (TPSA) is 74.6 Å². The molecule has 0 aromatic heterocycles. The molecule has 45 valence electrons. The van der Waals surface area contributed by atoms with E-state index in [1.54, 1.807) is 0 Å². The van der Waals surface area contributed by atoms with Gasteiger partial charge in [-0.05, 0) is 0 Å². The van der Waals surface area contributed by atoms with Crippen molar-refractivity contribution in [1.82, 2.24) is 0 Å². The molecule has 0 bridgehead atoms. The normalized spacial score (nSPS) is 9.25. The molecular formula is C3H3O4Te. The van der Waals surface area contributed by atoms with E-state index >= 15 is 0 Å². The van der Waals surface area contributed by atoms with Gasteiger partial charge in [-0.25, -0.2) is 0 Å². The van der Waals surface area contributed by atoms with Crippen LogP contribution in [0.4, 0.5) is 0 Å². The van der Waals surface area contributed by atoms with Gasteiger partial charge in [-0.15, -0.1) is 0 Å². The summed E-state index contributed by atoms with van der Waals surface area (Å²) in [6.45, 7) is 0. The molecule has 8 heavy (non-hydrogen) atoms. The number of aliphatic carboxylic acids is 2. The summed E-state index contributed by atoms with van der Waals surface area (Å²) in [6.07, 6.45) is 0. The van der Waals surface area contributed by atoms with Crippen LogP contribution >= 0.6 is 0 Å². The van der Waals surface area contributed by atoms with Crippen LogP contribution in [0.1, 0.15) is 0 Å². The monoisotopic (exact) mass is 233 g/mol. The Balaban J connectivity index is 3.83. The van der Waals surface area contributed by atoms with Crippen LogP contribution in [0.15, 0.2) is 0 Å². The molecule has 0 atom stereocenters. The first-order valence-electron chi connectivity index (χ1n) is 1.67. The molecular weight excluding hydrogens is 228 g/mol. The molecule has 0 amide bonds. The first kappa shape index (κ1) is 7.73. The fourth-order valence-electron chi connectivity index (χ4n) is 0.106. The van der Waals surface area contributed by atoms with E-state index in [-0.39, 0.29) is 0 Å². The number of hydrogen-bond acceptors (Lipinski definition) is 2. The van der Waals surface area contributed by atoms with Gasteiger partial charge in [0.2, 0.25) is 0 Å². The Labute approximate surface area is 58.4 Å². The fraction of sp³-hybridized carbons (Fsp3) is 0.333. The Morgan fingerprint density at radius 2 is 1.50 bits per heavy atom. The molecule has 0 aliphatic carbocycles. The maximum atomic E-state index is 9.76. The number of carboxylic acid groups (broad SMARTS) is 2. The van der Waals surface area contributed by atoms with Gasteiger partial charge in [0.05, 0.1) is 0 Å². The Kier molecular flexibility index (Phi) is 2.80. The van der Waals surface area contributed by atoms with Crippen molar-refractivity contribution in [2.45, 2.75) is 3.97 Å². The molecule has 0 rings (SSSR count). The number of hydrogen-bond donors (Lipinski definition) is 2. The van der Waals surface area contributed by atoms with Gasteiger partial charge >= 0.3 is 58.0 Å². The van der Waals surface area contributed by atoms with Crippen molar-refractivity contribution in [3.05, 3.63) is 0 Å². The third-order valence-electron chi connectivity index (χ3n) is 0.449. The van der Waals surface area contributed by atoms with Gasteiger partial charge in [0.15, 0.2) is 0 Å². The van der Waals surface area contributed by atoms with Crippen LogP contribution < -0.4 is 0 Å². The third kappa shape index (κ3) is 2.15. The Bertz CT molecular complexity index is 106. The Morgan fingerprint density at radius 1 is 1.25 bits per heavy atom. The summed E-state index contributed by atoms with van der Waals surface area (Å²) in [4.78, 5) is 19.5. The van der Waals surface area contributed by atoms with Gasteiger partial charge < -0.3 is 0 Å². The second-order valence-electron chi connectivity index (χ2n) is 1.06. The van der Waals surface area contributed by atoms with Crippen LogP contribution in [0.5, 0.6) is 0 Å². The number of carbonyl (C=O) groups is 2. The minimum atomic E-state index is -1.30. The van der Waals surface area contributed by atoms with Crippen molar-refractivity contribution in [3.8, 4) is 0 Å². The van der Waals surface area contributed by atoms with Gasteiger partial charge in [-0.3, -0.25) is 0 Å². The fourth-order valence-corrected chi connectivity index (χ4v) is 0.106. The summed E-state index contributed by atoms with van der Waals surface area (Å²) in [5.74, 6) is -2.61. The quantitative estimate of drug-likeness (QED) is 0.477. The summed E-state index contributed by atoms with van der Waals surface area (Å²) in [5, 5.41) is 15.9. The second-order valence-corrected chi connectivity index (χ2v) is 2.40. The van der Waals surface area contributed by atoms with Gasteiger partial charge in [0.1, 0.15) is 0 Å². The molecule has 1 radical (unpaired) electrons. The number of carboxylic acids is 2. The SMILES string of the molecule is O=C(O)C([Te])C(=O)O. The zero-order chi connectivity index (χ0) is 6.73. The van der Waals surface area contributed by atoms with Crippen molar-refractivity contribution in [3.63, 3.8) is 0 Å². The molecule has 2 N–H and O–H groups in total. The standard InChI is InChI=1S/C3H3O4Te/c4-2(5)1(8)3(6)7/h1H,(H,4,5)(H,6,7). The predicted octanol–water partition coefficient (Wildman–Crippen LogP) is -0.887. The molecule has 0 heterocycles. The first-order chi connectivity index (χ1) is 3.55. The van der Waals surface area contributed by atoms with Crippen LogP contribution in [0.25, 0.3) is 0 Å². The zero-order valence-corrected chi connectivity index (χ0v) is 6.03. The third-order valence-corrected chi connectivity index (χ3v) is 1.60. The van der Waals surface area contributed by atoms with E-state index in [0.717, 1.165) is 22.3 Å². The van der Waals surface area contributed by atoms with Crippen LogP contribution in [0, 0.1) is 0 Å². The predicted molar refractivity (Wildman–Crippen MR) is 24.8 cm³/mol. The van der Waals surface area contributed by atoms with Crippen molar-refractivity contribution in [1.29, 1.82) is 0 Å². The Morgan fingerprint density at radius 3 is 1.50 bits per heavy atom. The molecule has 0 saturated carbocycles. The van der Waals surface area contributed by atoms with E-state index in [2.05, 4.69) is 0 Å². The molecule has 0 aromatic rings. The van der Waals surface area contributed by atoms with Crippen LogP contribution in [0.3, 0.4) is 0 Å². The molecule has 0 aliphatic rings. The minimum absolute atomic E-state index is 1.05. The van der Waals surface area contributed by atoms with Gasteiger partial charge in [-0.1, -0.05) is 0 Å². The van der Waals surface area contributed by atoms with E-state index in [4.69, 9.17) is 10.2 Å². The molecule has 0 unspecified atom stereocenters. The summed E-state index contributed by atoms with van der Waals surface area (Å²) in [7, 11) is 0. The van der Waals surface area contributed by atoms with E-state index in [9.17, 15) is 9.59 Å². The van der Waals surface area contributed by atoms with E-state index in [1.807, 2.05) is 0 Å². The maximum absolute atomic E-state index is 9.76. The molecule has 5 heteroatoms. The van der Waals surface area contributed by atoms with Crippen LogP contribution in [-0.4, -0.2) is 44.4 Å². The average Bonchev–Trinajstić information content (AvgIpc) is 1.64. The van der Waals surface area contributed by atoms with Gasteiger partial charge in [0.25, 0.3) is 0 Å². The molecule has 0 aromatic carbocycles. The van der Waals surface area contributed by atoms with E-state index in [0.29, 0.717) is 0 Å². The van der Waals surface area contributed by atoms with E-state index < -0.39 is 15.9 Å². The molecule has 0 spiro atoms. The summed E-state index contributed by atoms with van der Waals surface area (Å²) in [6, 6.07) is 0. The summed E-state index contributed by atoms with van der Waals surface area (Å²) >= 11 is 1.05. The van der Waals surface area contributed by atoms with Crippen LogP contribution in [-0.2, 0) is 9.59 Å². The second kappa shape index (κ2) is 2.90. The molecule has 4 nitrogen and oxygen atoms in total. The zero-order valence-electron chi connectivity index (χ0n) is 3.70. The Hall–Kier alpha value is -0.270. The van der Waals surface area contributed by atoms with Gasteiger partial charge in [-0.2, -0.15) is 0 Å². The van der Waals surface area contributed by atoms with Crippen LogP contribution in [0.2, 0.25) is 3.97 Å². The molecule has 0 aliphatic heterocycles. The van der Waals surface area contributed by atoms with Crippen molar-refractivity contribution in [2.24, 2.45) is 0 Å². The van der Waals surface area contributed by atoms with Crippen molar-refractivity contribution >= 4 is 34.2 Å². The summed E-state index contributed by atoms with van der Waals surface area (Å²) < 4.78 is -1.29. The van der Waals surface area contributed by atoms with Crippen molar-refractivity contribution in [2.75, 3.05) is 0 Å². The van der Waals surface area contributed by atoms with E-state index in [1.165, 1.54) is 0 Å².